The lowest BCUT2D eigenvalue weighted by Crippen LogP contribution is -2.21. The van der Waals surface area contributed by atoms with Gasteiger partial charge in [-0.25, -0.2) is 4.98 Å². The maximum absolute atomic E-state index is 4.24. The molecule has 11 heavy (non-hydrogen) atoms. The zero-order valence-corrected chi connectivity index (χ0v) is 6.78. The van der Waals surface area contributed by atoms with Crippen LogP contribution in [-0.2, 0) is 6.67 Å². The minimum Gasteiger partial charge on any atom is -0.362 e. The van der Waals surface area contributed by atoms with E-state index >= 15 is 0 Å². The summed E-state index contributed by atoms with van der Waals surface area (Å²) in [5.74, 6) is 1.09. The topological polar surface area (TPSA) is 21.1 Å². The summed E-state index contributed by atoms with van der Waals surface area (Å²) in [6, 6.07) is 0. The molecule has 2 rings (SSSR count). The minimum atomic E-state index is 0.909. The number of hydrogen-bond acceptors (Lipinski definition) is 2. The Hall–Kier alpha value is -1.25. The molecule has 0 saturated heterocycles. The summed E-state index contributed by atoms with van der Waals surface area (Å²) in [5.41, 5.74) is 1.23. The fourth-order valence-corrected chi connectivity index (χ4v) is 1.44. The quantitative estimate of drug-likeness (QED) is 0.551. The molecule has 0 spiro atoms. The third-order valence-corrected chi connectivity index (χ3v) is 1.86. The van der Waals surface area contributed by atoms with Gasteiger partial charge >= 0.3 is 0 Å². The van der Waals surface area contributed by atoms with Gasteiger partial charge in [-0.1, -0.05) is 0 Å². The van der Waals surface area contributed by atoms with Gasteiger partial charge in [-0.2, -0.15) is 0 Å². The summed E-state index contributed by atoms with van der Waals surface area (Å²) >= 11 is 0. The molecule has 1 aromatic heterocycles. The van der Waals surface area contributed by atoms with E-state index in [1.54, 1.807) is 0 Å². The Morgan fingerprint density at radius 3 is 3.18 bits per heavy atom. The van der Waals surface area contributed by atoms with Gasteiger partial charge < -0.3 is 9.47 Å². The van der Waals surface area contributed by atoms with Gasteiger partial charge in [0.05, 0.1) is 6.67 Å². The van der Waals surface area contributed by atoms with Gasteiger partial charge in [0, 0.05) is 31.2 Å². The summed E-state index contributed by atoms with van der Waals surface area (Å²) in [6.07, 6.45) is 5.95. The van der Waals surface area contributed by atoms with Crippen molar-refractivity contribution in [2.75, 3.05) is 7.05 Å². The number of rotatable bonds is 0. The summed E-state index contributed by atoms with van der Waals surface area (Å²) in [7, 11) is 2.06. The fraction of sp³-hybridized carbons (Fsp3) is 0.375. The van der Waals surface area contributed by atoms with E-state index in [1.165, 1.54) is 5.57 Å². The van der Waals surface area contributed by atoms with Crippen LogP contribution in [0, 0.1) is 0 Å². The second kappa shape index (κ2) is 2.12. The molecular formula is C8H11N3. The van der Waals surface area contributed by atoms with Crippen LogP contribution in [0.4, 0.5) is 0 Å². The average molecular weight is 149 g/mol. The first kappa shape index (κ1) is 6.46. The van der Waals surface area contributed by atoms with Gasteiger partial charge in [-0.3, -0.25) is 0 Å². The third-order valence-electron chi connectivity index (χ3n) is 1.86. The van der Waals surface area contributed by atoms with Crippen molar-refractivity contribution in [1.29, 1.82) is 0 Å². The largest absolute Gasteiger partial charge is 0.362 e. The Bertz CT molecular complexity index is 298. The predicted octanol–water partition coefficient (Wildman–Crippen LogP) is 1.15. The van der Waals surface area contributed by atoms with Crippen molar-refractivity contribution in [1.82, 2.24) is 14.5 Å². The first-order valence-electron chi connectivity index (χ1n) is 3.67. The molecule has 0 bridgehead atoms. The maximum Gasteiger partial charge on any atom is 0.138 e. The van der Waals surface area contributed by atoms with Gasteiger partial charge in [0.2, 0.25) is 0 Å². The second-order valence-corrected chi connectivity index (χ2v) is 2.93. The Balaban J connectivity index is 2.50. The molecule has 2 heterocycles. The van der Waals surface area contributed by atoms with E-state index in [9.17, 15) is 0 Å². The Kier molecular flexibility index (Phi) is 1.24. The highest BCUT2D eigenvalue weighted by Crippen LogP contribution is 2.17. The molecule has 0 aromatic carbocycles. The lowest BCUT2D eigenvalue weighted by atomic mass is 10.3. The van der Waals surface area contributed by atoms with E-state index in [0.717, 1.165) is 12.5 Å². The maximum atomic E-state index is 4.24. The molecule has 1 aliphatic heterocycles. The molecule has 0 unspecified atom stereocenters. The summed E-state index contributed by atoms with van der Waals surface area (Å²) in [6.45, 7) is 2.99. The lowest BCUT2D eigenvalue weighted by molar-refractivity contribution is 0.353. The van der Waals surface area contributed by atoms with Crippen molar-refractivity contribution in [2.24, 2.45) is 0 Å². The van der Waals surface area contributed by atoms with E-state index in [-0.39, 0.29) is 0 Å². The Labute approximate surface area is 66.0 Å². The van der Waals surface area contributed by atoms with Crippen LogP contribution in [-0.4, -0.2) is 21.5 Å². The molecule has 0 N–H and O–H groups in total. The molecule has 0 radical (unpaired) electrons. The Morgan fingerprint density at radius 1 is 1.55 bits per heavy atom. The average Bonchev–Trinajstić information content (AvgIpc) is 2.34. The summed E-state index contributed by atoms with van der Waals surface area (Å²) in [5, 5.41) is 0. The second-order valence-electron chi connectivity index (χ2n) is 2.93. The Morgan fingerprint density at radius 2 is 2.36 bits per heavy atom. The molecule has 0 fully saturated rings. The monoisotopic (exact) mass is 149 g/mol. The highest BCUT2D eigenvalue weighted by molar-refractivity contribution is 5.58. The predicted molar refractivity (Wildman–Crippen MR) is 43.6 cm³/mol. The van der Waals surface area contributed by atoms with Crippen LogP contribution in [0.3, 0.4) is 0 Å². The van der Waals surface area contributed by atoms with Crippen LogP contribution in [0.25, 0.3) is 5.57 Å². The van der Waals surface area contributed by atoms with Crippen molar-refractivity contribution in [3.8, 4) is 0 Å². The number of allylic oxidation sites excluding steroid dienone is 1. The zero-order valence-electron chi connectivity index (χ0n) is 6.78. The van der Waals surface area contributed by atoms with Crippen LogP contribution in [0.5, 0.6) is 0 Å². The van der Waals surface area contributed by atoms with E-state index < -0.39 is 0 Å². The molecule has 0 saturated carbocycles. The first-order valence-corrected chi connectivity index (χ1v) is 3.67. The smallest absolute Gasteiger partial charge is 0.138 e. The highest BCUT2D eigenvalue weighted by Gasteiger charge is 2.10. The lowest BCUT2D eigenvalue weighted by Gasteiger charge is -2.22. The van der Waals surface area contributed by atoms with E-state index in [4.69, 9.17) is 0 Å². The molecule has 58 valence electrons. The summed E-state index contributed by atoms with van der Waals surface area (Å²) < 4.78 is 2.13. The minimum absolute atomic E-state index is 0.909. The molecule has 3 nitrogen and oxygen atoms in total. The van der Waals surface area contributed by atoms with Gasteiger partial charge in [0.25, 0.3) is 0 Å². The normalized spacial score (nSPS) is 16.2. The van der Waals surface area contributed by atoms with Gasteiger partial charge in [0.15, 0.2) is 0 Å². The van der Waals surface area contributed by atoms with Gasteiger partial charge in [0.1, 0.15) is 5.82 Å². The van der Waals surface area contributed by atoms with Crippen LogP contribution in [0.2, 0.25) is 0 Å². The molecule has 1 aliphatic rings. The van der Waals surface area contributed by atoms with Crippen LogP contribution < -0.4 is 0 Å². The highest BCUT2D eigenvalue weighted by atomic mass is 15.3. The van der Waals surface area contributed by atoms with Crippen molar-refractivity contribution in [3.63, 3.8) is 0 Å². The molecule has 1 aromatic rings. The standard InChI is InChI=1S/C8H11N3/c1-7-5-10(2)6-11-4-3-9-8(7)11/h3-5H,6H2,1-2H3. The van der Waals surface area contributed by atoms with Crippen molar-refractivity contribution in [2.45, 2.75) is 13.6 Å². The van der Waals surface area contributed by atoms with Gasteiger partial charge in [-0.05, 0) is 6.92 Å². The van der Waals surface area contributed by atoms with Crippen LogP contribution in [0.15, 0.2) is 18.6 Å². The number of fused-ring (bicyclic) bond motifs is 1. The third kappa shape index (κ3) is 0.926. The number of imidazole rings is 1. The van der Waals surface area contributed by atoms with Crippen molar-refractivity contribution in [3.05, 3.63) is 24.4 Å². The van der Waals surface area contributed by atoms with Crippen LogP contribution >= 0.6 is 0 Å². The van der Waals surface area contributed by atoms with E-state index in [1.807, 2.05) is 12.4 Å². The first-order chi connectivity index (χ1) is 5.27. The SMILES string of the molecule is CC1=CN(C)Cn2ccnc21. The number of nitrogens with zero attached hydrogens (tertiary/aromatic N) is 3. The molecular weight excluding hydrogens is 138 g/mol. The molecule has 0 atom stereocenters. The number of aromatic nitrogens is 2. The molecule has 0 amide bonds. The summed E-state index contributed by atoms with van der Waals surface area (Å²) in [4.78, 5) is 6.38. The van der Waals surface area contributed by atoms with Crippen molar-refractivity contribution < 1.29 is 0 Å². The van der Waals surface area contributed by atoms with Crippen LogP contribution in [0.1, 0.15) is 12.7 Å². The molecule has 3 heteroatoms. The number of hydrogen-bond donors (Lipinski definition) is 0. The van der Waals surface area contributed by atoms with E-state index in [2.05, 4.69) is 34.6 Å². The van der Waals surface area contributed by atoms with E-state index in [0.29, 0.717) is 0 Å². The van der Waals surface area contributed by atoms with Gasteiger partial charge in [-0.15, -0.1) is 0 Å². The fourth-order valence-electron chi connectivity index (χ4n) is 1.44. The van der Waals surface area contributed by atoms with Crippen molar-refractivity contribution >= 4 is 5.57 Å². The zero-order chi connectivity index (χ0) is 7.84. The molecule has 0 aliphatic carbocycles.